The van der Waals surface area contributed by atoms with Crippen LogP contribution in [0.3, 0.4) is 0 Å². The van der Waals surface area contributed by atoms with E-state index in [-0.39, 0.29) is 5.56 Å². The molecule has 0 aliphatic carbocycles. The molecule has 0 aliphatic rings. The molecule has 0 spiro atoms. The molecule has 8 heteroatoms. The quantitative estimate of drug-likeness (QED) is 0.363. The van der Waals surface area contributed by atoms with E-state index in [1.165, 1.54) is 5.56 Å². The van der Waals surface area contributed by atoms with Crippen LogP contribution in [0.25, 0.3) is 33.2 Å². The van der Waals surface area contributed by atoms with Crippen LogP contribution in [0.2, 0.25) is 0 Å². The third-order valence-electron chi connectivity index (χ3n) is 5.54. The van der Waals surface area contributed by atoms with Crippen LogP contribution in [0.1, 0.15) is 10.4 Å². The summed E-state index contributed by atoms with van der Waals surface area (Å²) in [5.41, 5.74) is 3.97. The maximum atomic E-state index is 13.5. The Labute approximate surface area is 192 Å². The van der Waals surface area contributed by atoms with Gasteiger partial charge in [0.2, 0.25) is 0 Å². The molecule has 0 aliphatic heterocycles. The third kappa shape index (κ3) is 3.50. The van der Waals surface area contributed by atoms with E-state index in [0.29, 0.717) is 28.7 Å². The number of fused-ring (bicyclic) bond motifs is 4. The van der Waals surface area contributed by atoms with Crippen molar-refractivity contribution in [2.75, 3.05) is 0 Å². The number of nitrogens with zero attached hydrogens (tertiary/aromatic N) is 6. The Hall–Kier alpha value is -4.17. The van der Waals surface area contributed by atoms with Gasteiger partial charge >= 0.3 is 0 Å². The molecule has 6 aromatic rings. The van der Waals surface area contributed by atoms with Crippen molar-refractivity contribution in [3.8, 4) is 0 Å². The van der Waals surface area contributed by atoms with Gasteiger partial charge in [0, 0.05) is 11.4 Å². The average molecular weight is 451 g/mol. The predicted octanol–water partition coefficient (Wildman–Crippen LogP) is 4.48. The van der Waals surface area contributed by atoms with E-state index in [0.717, 1.165) is 22.3 Å². The van der Waals surface area contributed by atoms with Gasteiger partial charge in [-0.15, -0.1) is 11.3 Å². The highest BCUT2D eigenvalue weighted by atomic mass is 32.1. The van der Waals surface area contributed by atoms with Crippen LogP contribution in [-0.2, 0) is 13.0 Å². The molecular formula is C25H18N6OS. The summed E-state index contributed by atoms with van der Waals surface area (Å²) >= 11 is 1.58. The van der Waals surface area contributed by atoms with Gasteiger partial charge in [-0.25, -0.2) is 15.0 Å². The number of thiophene rings is 1. The van der Waals surface area contributed by atoms with Crippen LogP contribution in [0.5, 0.6) is 0 Å². The largest absolute Gasteiger partial charge is 0.298 e. The van der Waals surface area contributed by atoms with Gasteiger partial charge in [-0.1, -0.05) is 48.5 Å². The first-order chi connectivity index (χ1) is 16.3. The van der Waals surface area contributed by atoms with Crippen LogP contribution >= 0.6 is 11.3 Å². The third-order valence-corrected chi connectivity index (χ3v) is 6.34. The van der Waals surface area contributed by atoms with Crippen molar-refractivity contribution in [1.82, 2.24) is 24.2 Å². The van der Waals surface area contributed by atoms with E-state index in [4.69, 9.17) is 9.97 Å². The molecule has 160 valence electrons. The molecule has 0 radical (unpaired) electrons. The van der Waals surface area contributed by atoms with Crippen LogP contribution in [0, 0.1) is 0 Å². The van der Waals surface area contributed by atoms with Crippen molar-refractivity contribution in [2.45, 2.75) is 13.0 Å². The molecule has 0 fully saturated rings. The minimum absolute atomic E-state index is 0.143. The number of aromatic nitrogens is 5. The molecule has 0 saturated carbocycles. The van der Waals surface area contributed by atoms with E-state index in [9.17, 15) is 4.79 Å². The van der Waals surface area contributed by atoms with Crippen molar-refractivity contribution in [3.05, 3.63) is 99.2 Å². The summed E-state index contributed by atoms with van der Waals surface area (Å²) in [4.78, 5) is 28.7. The maximum absolute atomic E-state index is 13.5. The van der Waals surface area contributed by atoms with Gasteiger partial charge in [0.25, 0.3) is 5.56 Å². The molecule has 0 bridgehead atoms. The number of hydrogen-bond acceptors (Lipinski definition) is 6. The predicted molar refractivity (Wildman–Crippen MR) is 132 cm³/mol. The molecule has 0 amide bonds. The molecule has 4 heterocycles. The zero-order chi connectivity index (χ0) is 22.2. The lowest BCUT2D eigenvalue weighted by Gasteiger charge is -2.05. The average Bonchev–Trinajstić information content (AvgIpc) is 3.48. The van der Waals surface area contributed by atoms with E-state index in [1.54, 1.807) is 33.1 Å². The Morgan fingerprint density at radius 2 is 1.70 bits per heavy atom. The molecule has 0 unspecified atom stereocenters. The topological polar surface area (TPSA) is 78.0 Å². The second kappa shape index (κ2) is 8.07. The van der Waals surface area contributed by atoms with E-state index in [2.05, 4.69) is 22.2 Å². The fraction of sp³-hybridized carbons (Fsp3) is 0.0800. The summed E-state index contributed by atoms with van der Waals surface area (Å²) in [6.45, 7) is 0.526. The zero-order valence-electron chi connectivity index (χ0n) is 17.5. The minimum Gasteiger partial charge on any atom is -0.298 e. The highest BCUT2D eigenvalue weighted by molar-refractivity contribution is 7.11. The van der Waals surface area contributed by atoms with Gasteiger partial charge in [0.05, 0.1) is 23.6 Å². The smallest absolute Gasteiger partial charge is 0.265 e. The number of benzene rings is 2. The molecule has 0 saturated heterocycles. The van der Waals surface area contributed by atoms with Gasteiger partial charge < -0.3 is 0 Å². The summed E-state index contributed by atoms with van der Waals surface area (Å²) in [6.07, 6.45) is 4.07. The molecular weight excluding hydrogens is 432 g/mol. The van der Waals surface area contributed by atoms with Crippen LogP contribution in [-0.4, -0.2) is 30.4 Å². The zero-order valence-corrected chi connectivity index (χ0v) is 18.3. The van der Waals surface area contributed by atoms with Crippen LogP contribution < -0.4 is 5.56 Å². The van der Waals surface area contributed by atoms with Crippen molar-refractivity contribution in [3.63, 3.8) is 0 Å². The Morgan fingerprint density at radius 3 is 2.48 bits per heavy atom. The fourth-order valence-corrected chi connectivity index (χ4v) is 4.48. The number of para-hydroxylation sites is 2. The van der Waals surface area contributed by atoms with Crippen molar-refractivity contribution in [2.24, 2.45) is 5.10 Å². The number of aryl methyl sites for hydroxylation is 2. The summed E-state index contributed by atoms with van der Waals surface area (Å²) in [7, 11) is 0. The molecule has 2 aromatic carbocycles. The Morgan fingerprint density at radius 1 is 0.909 bits per heavy atom. The van der Waals surface area contributed by atoms with Gasteiger partial charge in [-0.2, -0.15) is 9.78 Å². The second-order valence-corrected chi connectivity index (χ2v) is 8.61. The van der Waals surface area contributed by atoms with Gasteiger partial charge in [0.15, 0.2) is 11.3 Å². The Kier molecular flexibility index (Phi) is 4.77. The highest BCUT2D eigenvalue weighted by Crippen LogP contribution is 2.25. The first-order valence-electron chi connectivity index (χ1n) is 10.6. The van der Waals surface area contributed by atoms with Gasteiger partial charge in [-0.3, -0.25) is 9.36 Å². The molecule has 4 aromatic heterocycles. The summed E-state index contributed by atoms with van der Waals surface area (Å²) in [5, 5.41) is 7.05. The number of hydrogen-bond donors (Lipinski definition) is 0. The molecule has 33 heavy (non-hydrogen) atoms. The normalized spacial score (nSPS) is 11.9. The first-order valence-corrected chi connectivity index (χ1v) is 11.4. The maximum Gasteiger partial charge on any atom is 0.265 e. The summed E-state index contributed by atoms with van der Waals surface area (Å²) in [5.74, 6) is 0. The summed E-state index contributed by atoms with van der Waals surface area (Å²) < 4.78 is 3.26. The lowest BCUT2D eigenvalue weighted by molar-refractivity contribution is 0.661. The standard InChI is InChI=1S/C25H18N6OS/c32-25-21-22-24(29-20-11-5-4-10-19(20)28-22)31(27-15-18-9-6-14-33-18)23(21)26-16-30(25)13-12-17-7-2-1-3-8-17/h1-11,14-16H,12-13H2/b27-15-. The SMILES string of the molecule is O=c1c2c3nc4ccccc4nc3n(/N=C\c3cccs3)c2ncn1CCc1ccccc1. The van der Waals surface area contributed by atoms with Gasteiger partial charge in [0.1, 0.15) is 10.9 Å². The first kappa shape index (κ1) is 19.5. The Balaban J connectivity index is 1.55. The lowest BCUT2D eigenvalue weighted by Crippen LogP contribution is -2.21. The fourth-order valence-electron chi connectivity index (χ4n) is 3.90. The monoisotopic (exact) mass is 450 g/mol. The van der Waals surface area contributed by atoms with E-state index in [1.807, 2.05) is 60.0 Å². The van der Waals surface area contributed by atoms with E-state index >= 15 is 0 Å². The van der Waals surface area contributed by atoms with Crippen molar-refractivity contribution in [1.29, 1.82) is 0 Å². The van der Waals surface area contributed by atoms with Gasteiger partial charge in [-0.05, 0) is 35.6 Å². The molecule has 6 rings (SSSR count). The Bertz CT molecular complexity index is 1680. The van der Waals surface area contributed by atoms with Crippen LogP contribution in [0.15, 0.2) is 88.3 Å². The van der Waals surface area contributed by atoms with E-state index < -0.39 is 0 Å². The van der Waals surface area contributed by atoms with Crippen molar-refractivity contribution < 1.29 is 0 Å². The van der Waals surface area contributed by atoms with Crippen LogP contribution in [0.4, 0.5) is 0 Å². The lowest BCUT2D eigenvalue weighted by atomic mass is 10.1. The minimum atomic E-state index is -0.143. The highest BCUT2D eigenvalue weighted by Gasteiger charge is 2.19. The summed E-state index contributed by atoms with van der Waals surface area (Å²) in [6, 6.07) is 21.7. The molecule has 7 nitrogen and oxygen atoms in total. The second-order valence-electron chi connectivity index (χ2n) is 7.63. The molecule has 0 N–H and O–H groups in total. The number of rotatable bonds is 5. The molecule has 0 atom stereocenters. The van der Waals surface area contributed by atoms with Crippen molar-refractivity contribution >= 4 is 50.8 Å².